The quantitative estimate of drug-likeness (QED) is 0.840. The molecule has 2 aromatic heterocycles. The molecule has 0 radical (unpaired) electrons. The van der Waals surface area contributed by atoms with Gasteiger partial charge in [-0.1, -0.05) is 11.8 Å². The summed E-state index contributed by atoms with van der Waals surface area (Å²) in [4.78, 5) is 13.9. The molecule has 2 aromatic rings. The number of aromatic nitrogens is 3. The van der Waals surface area contributed by atoms with E-state index >= 15 is 0 Å². The van der Waals surface area contributed by atoms with Crippen molar-refractivity contribution in [3.63, 3.8) is 0 Å². The number of nitrogens with zero attached hydrogens (tertiary/aromatic N) is 4. The van der Waals surface area contributed by atoms with Gasteiger partial charge in [-0.2, -0.15) is 13.2 Å². The van der Waals surface area contributed by atoms with Crippen LogP contribution in [0.3, 0.4) is 0 Å². The lowest BCUT2D eigenvalue weighted by molar-refractivity contribution is -0.143. The van der Waals surface area contributed by atoms with Gasteiger partial charge in [0.25, 0.3) is 0 Å². The second kappa shape index (κ2) is 6.92. The fourth-order valence-electron chi connectivity index (χ4n) is 2.65. The number of nitrogen functional groups attached to an aromatic ring is 1. The molecule has 1 fully saturated rings. The molecule has 10 heteroatoms. The predicted octanol–water partition coefficient (Wildman–Crippen LogP) is 2.94. The van der Waals surface area contributed by atoms with Crippen molar-refractivity contribution in [3.05, 3.63) is 30.2 Å². The van der Waals surface area contributed by atoms with Gasteiger partial charge in [-0.25, -0.2) is 9.97 Å². The summed E-state index contributed by atoms with van der Waals surface area (Å²) in [6, 6.07) is 2.77. The van der Waals surface area contributed by atoms with Gasteiger partial charge in [-0.05, 0) is 31.9 Å². The van der Waals surface area contributed by atoms with Gasteiger partial charge in [0.05, 0.1) is 6.20 Å². The van der Waals surface area contributed by atoms with Gasteiger partial charge in [0, 0.05) is 29.7 Å². The zero-order chi connectivity index (χ0) is 18.9. The van der Waals surface area contributed by atoms with Crippen LogP contribution in [0.2, 0.25) is 0 Å². The first-order valence-electron chi connectivity index (χ1n) is 8.02. The molecule has 0 aromatic carbocycles. The highest BCUT2D eigenvalue weighted by atomic mass is 32.2. The third-order valence-electron chi connectivity index (χ3n) is 4.23. The van der Waals surface area contributed by atoms with E-state index in [1.54, 1.807) is 0 Å². The van der Waals surface area contributed by atoms with Crippen molar-refractivity contribution in [2.24, 2.45) is 5.73 Å². The third kappa shape index (κ3) is 4.18. The van der Waals surface area contributed by atoms with Crippen LogP contribution in [0.5, 0.6) is 0 Å². The number of nitrogens with two attached hydrogens (primary N) is 2. The average Bonchev–Trinajstić information content (AvgIpc) is 2.56. The number of rotatable bonds is 3. The lowest BCUT2D eigenvalue weighted by Gasteiger charge is -2.37. The van der Waals surface area contributed by atoms with Crippen molar-refractivity contribution in [2.45, 2.75) is 41.4 Å². The Morgan fingerprint density at radius 1 is 1.23 bits per heavy atom. The summed E-state index contributed by atoms with van der Waals surface area (Å²) >= 11 is 0.803. The molecule has 0 amide bonds. The molecule has 0 spiro atoms. The van der Waals surface area contributed by atoms with E-state index in [-0.39, 0.29) is 21.3 Å². The SMILES string of the molecule is CC1(N)CCN(c2cnc(Sc3cccnc3C(F)(F)F)c(N)n2)CC1. The molecule has 1 aliphatic rings. The van der Waals surface area contributed by atoms with E-state index in [4.69, 9.17) is 11.5 Å². The van der Waals surface area contributed by atoms with Crippen LogP contribution in [0, 0.1) is 0 Å². The maximum absolute atomic E-state index is 13.1. The normalized spacial score (nSPS) is 17.3. The summed E-state index contributed by atoms with van der Waals surface area (Å²) in [5.74, 6) is 0.690. The first kappa shape index (κ1) is 18.7. The van der Waals surface area contributed by atoms with E-state index in [2.05, 4.69) is 15.0 Å². The van der Waals surface area contributed by atoms with E-state index in [1.165, 1.54) is 18.3 Å². The largest absolute Gasteiger partial charge is 0.434 e. The Bertz CT molecular complexity index is 786. The van der Waals surface area contributed by atoms with E-state index in [1.807, 2.05) is 11.8 Å². The molecule has 3 rings (SSSR count). The zero-order valence-corrected chi connectivity index (χ0v) is 14.9. The van der Waals surface area contributed by atoms with Crippen molar-refractivity contribution in [1.82, 2.24) is 15.0 Å². The van der Waals surface area contributed by atoms with Gasteiger partial charge in [-0.15, -0.1) is 0 Å². The first-order valence-corrected chi connectivity index (χ1v) is 8.84. The molecule has 26 heavy (non-hydrogen) atoms. The van der Waals surface area contributed by atoms with Crippen molar-refractivity contribution in [2.75, 3.05) is 23.7 Å². The molecular formula is C16H19F3N6S. The maximum Gasteiger partial charge on any atom is 0.434 e. The van der Waals surface area contributed by atoms with Crippen LogP contribution in [-0.4, -0.2) is 33.6 Å². The molecular weight excluding hydrogens is 365 g/mol. The minimum Gasteiger partial charge on any atom is -0.381 e. The van der Waals surface area contributed by atoms with Crippen molar-refractivity contribution in [3.8, 4) is 0 Å². The lowest BCUT2D eigenvalue weighted by atomic mass is 9.91. The van der Waals surface area contributed by atoms with Crippen molar-refractivity contribution < 1.29 is 13.2 Å². The second-order valence-corrected chi connectivity index (χ2v) is 7.54. The Kier molecular flexibility index (Phi) is 4.98. The number of pyridine rings is 1. The lowest BCUT2D eigenvalue weighted by Crippen LogP contribution is -2.48. The van der Waals surface area contributed by atoms with E-state index in [0.29, 0.717) is 5.82 Å². The maximum atomic E-state index is 13.1. The standard InChI is InChI=1S/C16H19F3N6S/c1-15(21)4-7-25(8-5-15)11-9-23-14(13(20)24-11)26-10-3-2-6-22-12(10)16(17,18)19/h2-3,6,9H,4-5,7-8,21H2,1H3,(H2,20,24). The van der Waals surface area contributed by atoms with Gasteiger partial charge in [0.15, 0.2) is 11.5 Å². The summed E-state index contributed by atoms with van der Waals surface area (Å²) in [5, 5.41) is 0.216. The number of hydrogen-bond donors (Lipinski definition) is 2. The van der Waals surface area contributed by atoms with E-state index < -0.39 is 11.9 Å². The zero-order valence-electron chi connectivity index (χ0n) is 14.1. The average molecular weight is 384 g/mol. The Balaban J connectivity index is 1.80. The number of piperidine rings is 1. The Morgan fingerprint density at radius 3 is 2.54 bits per heavy atom. The number of hydrogen-bond acceptors (Lipinski definition) is 7. The Hall–Kier alpha value is -2.07. The van der Waals surface area contributed by atoms with Crippen LogP contribution < -0.4 is 16.4 Å². The number of halogens is 3. The van der Waals surface area contributed by atoms with Crippen LogP contribution in [0.15, 0.2) is 34.4 Å². The summed E-state index contributed by atoms with van der Waals surface area (Å²) in [5.41, 5.74) is 10.9. The third-order valence-corrected chi connectivity index (χ3v) is 5.28. The van der Waals surface area contributed by atoms with Gasteiger partial charge in [-0.3, -0.25) is 4.98 Å². The predicted molar refractivity (Wildman–Crippen MR) is 93.8 cm³/mol. The number of alkyl halides is 3. The van der Waals surface area contributed by atoms with Crippen molar-refractivity contribution >= 4 is 23.4 Å². The highest BCUT2D eigenvalue weighted by Crippen LogP contribution is 2.39. The summed E-state index contributed by atoms with van der Waals surface area (Å²) in [7, 11) is 0. The molecule has 3 heterocycles. The number of anilines is 2. The smallest absolute Gasteiger partial charge is 0.381 e. The van der Waals surface area contributed by atoms with Crippen LogP contribution >= 0.6 is 11.8 Å². The molecule has 0 atom stereocenters. The van der Waals surface area contributed by atoms with Crippen LogP contribution in [0.1, 0.15) is 25.5 Å². The molecule has 0 unspecified atom stereocenters. The van der Waals surface area contributed by atoms with E-state index in [0.717, 1.165) is 43.9 Å². The molecule has 140 valence electrons. The van der Waals surface area contributed by atoms with Crippen LogP contribution in [-0.2, 0) is 6.18 Å². The van der Waals surface area contributed by atoms with Crippen LogP contribution in [0.4, 0.5) is 24.8 Å². The molecule has 0 saturated carbocycles. The molecule has 1 aliphatic heterocycles. The van der Waals surface area contributed by atoms with Crippen molar-refractivity contribution in [1.29, 1.82) is 0 Å². The summed E-state index contributed by atoms with van der Waals surface area (Å²) in [6.45, 7) is 3.47. The molecule has 6 nitrogen and oxygen atoms in total. The molecule has 0 aliphatic carbocycles. The van der Waals surface area contributed by atoms with Crippen LogP contribution in [0.25, 0.3) is 0 Å². The minimum absolute atomic E-state index is 0.0642. The van der Waals surface area contributed by atoms with Gasteiger partial charge in [0.2, 0.25) is 0 Å². The van der Waals surface area contributed by atoms with Gasteiger partial charge < -0.3 is 16.4 Å². The fourth-order valence-corrected chi connectivity index (χ4v) is 3.53. The molecule has 0 bridgehead atoms. The minimum atomic E-state index is -4.55. The van der Waals surface area contributed by atoms with E-state index in [9.17, 15) is 13.2 Å². The monoisotopic (exact) mass is 384 g/mol. The summed E-state index contributed by atoms with van der Waals surface area (Å²) < 4.78 is 39.2. The fraction of sp³-hybridized carbons (Fsp3) is 0.438. The molecule has 1 saturated heterocycles. The highest BCUT2D eigenvalue weighted by Gasteiger charge is 2.35. The second-order valence-electron chi connectivity index (χ2n) is 6.51. The topological polar surface area (TPSA) is 94.0 Å². The Morgan fingerprint density at radius 2 is 1.92 bits per heavy atom. The molecule has 4 N–H and O–H groups in total. The summed E-state index contributed by atoms with van der Waals surface area (Å²) in [6.07, 6.45) is -0.284. The Labute approximate surface area is 153 Å². The first-order chi connectivity index (χ1) is 12.2. The highest BCUT2D eigenvalue weighted by molar-refractivity contribution is 7.99. The van der Waals surface area contributed by atoms with Gasteiger partial charge >= 0.3 is 6.18 Å². The van der Waals surface area contributed by atoms with Gasteiger partial charge in [0.1, 0.15) is 10.8 Å².